The highest BCUT2D eigenvalue weighted by Gasteiger charge is 2.30. The van der Waals surface area contributed by atoms with E-state index in [4.69, 9.17) is 23.2 Å². The van der Waals surface area contributed by atoms with Crippen molar-refractivity contribution in [1.82, 2.24) is 9.97 Å². The van der Waals surface area contributed by atoms with Crippen molar-refractivity contribution in [3.8, 4) is 5.75 Å². The molecule has 0 saturated heterocycles. The van der Waals surface area contributed by atoms with Gasteiger partial charge >= 0.3 is 6.36 Å². The highest BCUT2D eigenvalue weighted by Crippen LogP contribution is 2.23. The molecule has 0 aliphatic rings. The molecule has 150 valence electrons. The van der Waals surface area contributed by atoms with Crippen molar-refractivity contribution in [2.75, 3.05) is 10.7 Å². The van der Waals surface area contributed by atoms with Gasteiger partial charge in [-0.05, 0) is 54.1 Å². The SMILES string of the molecule is FC(F)(F)Oc1ccc(/C=N/Nc2nc(Cl)cc(Nc3ccc(Cl)cc3)n2)cc1. The monoisotopic (exact) mass is 441 g/mol. The fourth-order valence-electron chi connectivity index (χ4n) is 2.13. The Labute approximate surface area is 173 Å². The van der Waals surface area contributed by atoms with Gasteiger partial charge in [0.2, 0.25) is 5.95 Å². The summed E-state index contributed by atoms with van der Waals surface area (Å²) in [6.07, 6.45) is -3.35. The number of ether oxygens (including phenoxy) is 1. The van der Waals surface area contributed by atoms with E-state index in [1.807, 2.05) is 0 Å². The van der Waals surface area contributed by atoms with Crippen LogP contribution in [0.2, 0.25) is 10.2 Å². The molecule has 11 heteroatoms. The van der Waals surface area contributed by atoms with Crippen LogP contribution in [0.25, 0.3) is 0 Å². The van der Waals surface area contributed by atoms with Crippen LogP contribution in [0.1, 0.15) is 5.56 Å². The Hall–Kier alpha value is -3.04. The Morgan fingerprint density at radius 3 is 2.31 bits per heavy atom. The lowest BCUT2D eigenvalue weighted by molar-refractivity contribution is -0.274. The van der Waals surface area contributed by atoms with Gasteiger partial charge in [0.1, 0.15) is 16.7 Å². The van der Waals surface area contributed by atoms with Gasteiger partial charge < -0.3 is 10.1 Å². The highest BCUT2D eigenvalue weighted by molar-refractivity contribution is 6.30. The normalized spacial score (nSPS) is 11.5. The Morgan fingerprint density at radius 1 is 0.966 bits per heavy atom. The average molecular weight is 442 g/mol. The number of hydrazone groups is 1. The fraction of sp³-hybridized carbons (Fsp3) is 0.0556. The van der Waals surface area contributed by atoms with E-state index in [2.05, 4.69) is 30.5 Å². The van der Waals surface area contributed by atoms with Crippen LogP contribution in [0.15, 0.2) is 59.7 Å². The number of aromatic nitrogens is 2. The molecule has 0 amide bonds. The van der Waals surface area contributed by atoms with Crippen LogP contribution in [0.3, 0.4) is 0 Å². The maximum absolute atomic E-state index is 12.2. The first kappa shape index (κ1) is 20.7. The van der Waals surface area contributed by atoms with Crippen LogP contribution in [0.4, 0.5) is 30.6 Å². The smallest absolute Gasteiger partial charge is 0.406 e. The van der Waals surface area contributed by atoms with Crippen LogP contribution in [0.5, 0.6) is 5.75 Å². The van der Waals surface area contributed by atoms with Gasteiger partial charge in [0.15, 0.2) is 0 Å². The van der Waals surface area contributed by atoms with Gasteiger partial charge in [0.05, 0.1) is 6.21 Å². The molecule has 3 rings (SSSR count). The third-order valence-corrected chi connectivity index (χ3v) is 3.75. The molecule has 0 atom stereocenters. The molecule has 6 nitrogen and oxygen atoms in total. The van der Waals surface area contributed by atoms with Crippen molar-refractivity contribution in [2.45, 2.75) is 6.36 Å². The van der Waals surface area contributed by atoms with Gasteiger partial charge in [-0.2, -0.15) is 15.1 Å². The molecule has 2 aromatic carbocycles. The quantitative estimate of drug-likeness (QED) is 0.284. The Bertz CT molecular complexity index is 996. The first-order chi connectivity index (χ1) is 13.8. The van der Waals surface area contributed by atoms with E-state index < -0.39 is 6.36 Å². The molecule has 0 unspecified atom stereocenters. The predicted octanol–water partition coefficient (Wildman–Crippen LogP) is 5.87. The molecule has 0 saturated carbocycles. The lowest BCUT2D eigenvalue weighted by Crippen LogP contribution is -2.17. The van der Waals surface area contributed by atoms with E-state index >= 15 is 0 Å². The molecule has 0 radical (unpaired) electrons. The molecule has 0 spiro atoms. The largest absolute Gasteiger partial charge is 0.573 e. The second kappa shape index (κ2) is 8.97. The minimum Gasteiger partial charge on any atom is -0.406 e. The van der Waals surface area contributed by atoms with Crippen molar-refractivity contribution in [1.29, 1.82) is 0 Å². The van der Waals surface area contributed by atoms with E-state index in [0.717, 1.165) is 5.69 Å². The predicted molar refractivity (Wildman–Crippen MR) is 106 cm³/mol. The molecule has 0 bridgehead atoms. The zero-order valence-corrected chi connectivity index (χ0v) is 15.9. The van der Waals surface area contributed by atoms with E-state index in [-0.39, 0.29) is 16.9 Å². The second-order valence-electron chi connectivity index (χ2n) is 5.52. The van der Waals surface area contributed by atoms with Crippen LogP contribution in [0, 0.1) is 0 Å². The number of rotatable bonds is 6. The van der Waals surface area contributed by atoms with Gasteiger partial charge in [-0.3, -0.25) is 0 Å². The van der Waals surface area contributed by atoms with Crippen molar-refractivity contribution in [2.24, 2.45) is 5.10 Å². The van der Waals surface area contributed by atoms with Crippen molar-refractivity contribution in [3.63, 3.8) is 0 Å². The van der Waals surface area contributed by atoms with Gasteiger partial charge in [0.25, 0.3) is 0 Å². The summed E-state index contributed by atoms with van der Waals surface area (Å²) >= 11 is 11.9. The topological polar surface area (TPSA) is 71.4 Å². The summed E-state index contributed by atoms with van der Waals surface area (Å²) in [4.78, 5) is 8.23. The molecule has 1 aromatic heterocycles. The van der Waals surface area contributed by atoms with Gasteiger partial charge in [-0.1, -0.05) is 23.2 Å². The third-order valence-electron chi connectivity index (χ3n) is 3.30. The van der Waals surface area contributed by atoms with Crippen LogP contribution in [-0.4, -0.2) is 22.5 Å². The molecule has 0 aliphatic carbocycles. The Kier molecular flexibility index (Phi) is 6.40. The van der Waals surface area contributed by atoms with Crippen LogP contribution in [-0.2, 0) is 0 Å². The summed E-state index contributed by atoms with van der Waals surface area (Å²) in [5.74, 6) is 0.236. The summed E-state index contributed by atoms with van der Waals surface area (Å²) in [7, 11) is 0. The Morgan fingerprint density at radius 2 is 1.66 bits per heavy atom. The molecule has 3 aromatic rings. The van der Waals surface area contributed by atoms with E-state index in [1.54, 1.807) is 24.3 Å². The maximum atomic E-state index is 12.2. The number of anilines is 3. The molecule has 2 N–H and O–H groups in total. The third kappa shape index (κ3) is 6.81. The van der Waals surface area contributed by atoms with Gasteiger partial charge in [0, 0.05) is 16.8 Å². The van der Waals surface area contributed by atoms with Gasteiger partial charge in [-0.25, -0.2) is 5.43 Å². The lowest BCUT2D eigenvalue weighted by Gasteiger charge is -2.08. The molecule has 29 heavy (non-hydrogen) atoms. The number of halogens is 5. The standard InChI is InChI=1S/C18H12Cl2F3N5O/c19-12-3-5-13(6-4-12)25-16-9-15(20)26-17(27-16)28-24-10-11-1-7-14(8-2-11)29-18(21,22)23/h1-10H,(H2,25,26,27,28)/b24-10+. The van der Waals surface area contributed by atoms with Crippen molar-refractivity contribution >= 4 is 46.9 Å². The number of benzene rings is 2. The highest BCUT2D eigenvalue weighted by atomic mass is 35.5. The summed E-state index contributed by atoms with van der Waals surface area (Å²) < 4.78 is 40.3. The first-order valence-corrected chi connectivity index (χ1v) is 8.74. The number of alkyl halides is 3. The number of nitrogens with zero attached hydrogens (tertiary/aromatic N) is 3. The fourth-order valence-corrected chi connectivity index (χ4v) is 2.44. The van der Waals surface area contributed by atoms with E-state index in [9.17, 15) is 13.2 Å². The van der Waals surface area contributed by atoms with Crippen LogP contribution < -0.4 is 15.5 Å². The minimum atomic E-state index is -4.74. The number of hydrogen-bond acceptors (Lipinski definition) is 6. The molecular formula is C18H12Cl2F3N5O. The zero-order chi connectivity index (χ0) is 20.9. The number of hydrogen-bond donors (Lipinski definition) is 2. The Balaban J connectivity index is 1.64. The zero-order valence-electron chi connectivity index (χ0n) is 14.4. The first-order valence-electron chi connectivity index (χ1n) is 7.99. The summed E-state index contributed by atoms with van der Waals surface area (Å²) in [5, 5.41) is 7.79. The van der Waals surface area contributed by atoms with Crippen LogP contribution >= 0.6 is 23.2 Å². The summed E-state index contributed by atoms with van der Waals surface area (Å²) in [6, 6.07) is 13.7. The molecule has 0 fully saturated rings. The van der Waals surface area contributed by atoms with Crippen molar-refractivity contribution in [3.05, 3.63) is 70.3 Å². The average Bonchev–Trinajstić information content (AvgIpc) is 2.63. The maximum Gasteiger partial charge on any atom is 0.573 e. The van der Waals surface area contributed by atoms with Crippen molar-refractivity contribution < 1.29 is 17.9 Å². The second-order valence-corrected chi connectivity index (χ2v) is 6.34. The minimum absolute atomic E-state index is 0.127. The lowest BCUT2D eigenvalue weighted by atomic mass is 10.2. The van der Waals surface area contributed by atoms with E-state index in [0.29, 0.717) is 16.4 Å². The summed E-state index contributed by atoms with van der Waals surface area (Å²) in [5.41, 5.74) is 3.90. The molecule has 1 heterocycles. The van der Waals surface area contributed by atoms with E-state index in [1.165, 1.54) is 36.5 Å². The summed E-state index contributed by atoms with van der Waals surface area (Å²) in [6.45, 7) is 0. The molecular weight excluding hydrogens is 430 g/mol. The van der Waals surface area contributed by atoms with Gasteiger partial charge in [-0.15, -0.1) is 13.2 Å². The number of nitrogens with one attached hydrogen (secondary N) is 2. The molecule has 0 aliphatic heterocycles.